The lowest BCUT2D eigenvalue weighted by molar-refractivity contribution is -0.387. The van der Waals surface area contributed by atoms with Gasteiger partial charge in [0.05, 0.1) is 129 Å². The van der Waals surface area contributed by atoms with Gasteiger partial charge in [-0.15, -0.1) is 0 Å². The number of ether oxygens (including phenoxy) is 6. The first kappa shape index (κ1) is 61.4. The number of benzene rings is 5. The highest BCUT2D eigenvalue weighted by molar-refractivity contribution is 7.91. The van der Waals surface area contributed by atoms with Crippen LogP contribution in [0.2, 0.25) is 0 Å². The molecule has 3 fully saturated rings. The van der Waals surface area contributed by atoms with Crippen molar-refractivity contribution in [3.63, 3.8) is 0 Å². The van der Waals surface area contributed by atoms with Crippen LogP contribution in [0.25, 0.3) is 43.6 Å². The molecule has 87 heavy (non-hydrogen) atoms. The topological polar surface area (TPSA) is 405 Å². The Morgan fingerprint density at radius 1 is 0.621 bits per heavy atom. The SMILES string of the molecule is CN(C)C/C=C/C(=O)Cc1cc2c(=O)[nH]cnc2cc1OC1CCOC1.Nc1cc2c(=O)[nH]cnc2cc1OC1CCOC1.O=c1[nH]cnc2cc(OC3CCOC3)c([N+](=O)[O-])cc12.O=c1[nH]cnc2cc(S(=O)(=O)c3ccccc3)c([N+](=O)[O-])cc12. The number of carbonyl (C=O) groups excluding carboxylic acids is 1. The van der Waals surface area contributed by atoms with Crippen molar-refractivity contribution in [1.82, 2.24) is 44.8 Å². The summed E-state index contributed by atoms with van der Waals surface area (Å²) in [7, 11) is -0.238. The van der Waals surface area contributed by atoms with Crippen molar-refractivity contribution >= 4 is 76.3 Å². The van der Waals surface area contributed by atoms with Gasteiger partial charge in [0.1, 0.15) is 29.8 Å². The third kappa shape index (κ3) is 15.2. The number of H-pyrrole nitrogens is 4. The number of fused-ring (bicyclic) bond motifs is 4. The number of likely N-dealkylation sites (N-methyl/N-ethyl adjacent to an activating group) is 1. The summed E-state index contributed by atoms with van der Waals surface area (Å²) in [6.07, 6.45) is 10.7. The molecule has 7 heterocycles. The minimum Gasteiger partial charge on any atom is -0.488 e. The fraction of sp³-hybridized carbons (Fsp3) is 0.281. The summed E-state index contributed by atoms with van der Waals surface area (Å²) in [4.78, 5) is 108. The van der Waals surface area contributed by atoms with Gasteiger partial charge in [-0.2, -0.15) is 0 Å². The number of sulfone groups is 1. The number of ketones is 1. The van der Waals surface area contributed by atoms with E-state index in [1.165, 1.54) is 55.4 Å². The van der Waals surface area contributed by atoms with Crippen LogP contribution in [0.4, 0.5) is 17.1 Å². The van der Waals surface area contributed by atoms with Crippen LogP contribution in [-0.4, -0.2) is 147 Å². The predicted molar refractivity (Wildman–Crippen MR) is 315 cm³/mol. The average molecular weight is 1210 g/mol. The maximum absolute atomic E-state index is 12.7. The first-order valence-corrected chi connectivity index (χ1v) is 28.3. The van der Waals surface area contributed by atoms with Crippen LogP contribution in [0, 0.1) is 20.2 Å². The maximum Gasteiger partial charge on any atom is 0.311 e. The molecule has 452 valence electrons. The maximum atomic E-state index is 12.7. The molecular weight excluding hydrogens is 1160 g/mol. The molecule has 6 N–H and O–H groups in total. The number of carbonyl (C=O) groups is 1. The summed E-state index contributed by atoms with van der Waals surface area (Å²) >= 11 is 0. The average Bonchev–Trinajstić information content (AvgIpc) is 1.51. The van der Waals surface area contributed by atoms with E-state index in [0.717, 1.165) is 31.3 Å². The molecule has 4 aromatic heterocycles. The molecule has 30 heteroatoms. The molecule has 12 rings (SSSR count). The molecule has 3 saturated heterocycles. The van der Waals surface area contributed by atoms with Gasteiger partial charge >= 0.3 is 5.69 Å². The van der Waals surface area contributed by atoms with E-state index in [4.69, 9.17) is 34.2 Å². The number of rotatable bonds is 15. The van der Waals surface area contributed by atoms with Gasteiger partial charge in [-0.3, -0.25) is 44.2 Å². The quantitative estimate of drug-likeness (QED) is 0.0403. The van der Waals surface area contributed by atoms with Gasteiger partial charge in [-0.25, -0.2) is 28.4 Å². The zero-order valence-corrected chi connectivity index (χ0v) is 47.4. The molecule has 0 radical (unpaired) electrons. The highest BCUT2D eigenvalue weighted by Crippen LogP contribution is 2.34. The molecule has 5 aromatic carbocycles. The van der Waals surface area contributed by atoms with Crippen molar-refractivity contribution < 1.29 is 51.5 Å². The molecule has 9 aromatic rings. The molecule has 0 spiro atoms. The summed E-state index contributed by atoms with van der Waals surface area (Å²) in [6, 6.07) is 18.6. The first-order chi connectivity index (χ1) is 41.8. The Bertz CT molecular complexity index is 4410. The summed E-state index contributed by atoms with van der Waals surface area (Å²) in [5, 5.41) is 23.4. The van der Waals surface area contributed by atoms with E-state index in [9.17, 15) is 52.6 Å². The number of nitro benzene ring substituents is 2. The lowest BCUT2D eigenvalue weighted by atomic mass is 10.0. The normalized spacial score (nSPS) is 16.4. The van der Waals surface area contributed by atoms with Crippen molar-refractivity contribution in [2.24, 2.45) is 0 Å². The van der Waals surface area contributed by atoms with Crippen LogP contribution >= 0.6 is 0 Å². The molecule has 0 bridgehead atoms. The van der Waals surface area contributed by atoms with E-state index in [1.807, 2.05) is 25.1 Å². The zero-order chi connectivity index (χ0) is 61.8. The number of aromatic amines is 4. The molecule has 3 aliphatic rings. The van der Waals surface area contributed by atoms with E-state index >= 15 is 0 Å². The number of aromatic nitrogens is 8. The second-order valence-corrected chi connectivity index (χ2v) is 21.9. The van der Waals surface area contributed by atoms with Crippen molar-refractivity contribution in [2.45, 2.75) is 53.8 Å². The molecule has 3 aliphatic heterocycles. The number of hydrogen-bond donors (Lipinski definition) is 5. The monoisotopic (exact) mass is 1210 g/mol. The number of allylic oxidation sites excluding steroid dienone is 1. The fourth-order valence-electron chi connectivity index (χ4n) is 9.09. The molecule has 3 atom stereocenters. The smallest absolute Gasteiger partial charge is 0.311 e. The predicted octanol–water partition coefficient (Wildman–Crippen LogP) is 4.66. The Labute approximate surface area is 491 Å². The van der Waals surface area contributed by atoms with Gasteiger partial charge < -0.3 is 59.0 Å². The minimum atomic E-state index is -4.11. The van der Waals surface area contributed by atoms with Crippen LogP contribution in [-0.2, 0) is 35.3 Å². The molecular formula is C57H56N12O17S. The number of hydrogen-bond acceptors (Lipinski definition) is 23. The number of nitrogens with zero attached hydrogens (tertiary/aromatic N) is 7. The van der Waals surface area contributed by atoms with Crippen LogP contribution in [0.3, 0.4) is 0 Å². The van der Waals surface area contributed by atoms with Gasteiger partial charge in [0.15, 0.2) is 16.4 Å². The summed E-state index contributed by atoms with van der Waals surface area (Å²) < 4.78 is 58.5. The Morgan fingerprint density at radius 2 is 1.05 bits per heavy atom. The van der Waals surface area contributed by atoms with Gasteiger partial charge in [0.25, 0.3) is 27.9 Å². The Balaban J connectivity index is 0.000000139. The number of nitro groups is 2. The molecule has 29 nitrogen and oxygen atoms in total. The van der Waals surface area contributed by atoms with E-state index in [-0.39, 0.29) is 74.3 Å². The van der Waals surface area contributed by atoms with E-state index in [0.29, 0.717) is 103 Å². The largest absolute Gasteiger partial charge is 0.488 e. The third-order valence-corrected chi connectivity index (χ3v) is 15.3. The Hall–Kier alpha value is -10.1. The van der Waals surface area contributed by atoms with Crippen molar-refractivity contribution in [1.29, 1.82) is 0 Å². The molecule has 3 unspecified atom stereocenters. The van der Waals surface area contributed by atoms with Gasteiger partial charge in [-0.05, 0) is 50.5 Å². The van der Waals surface area contributed by atoms with Crippen LogP contribution in [0.15, 0.2) is 145 Å². The summed E-state index contributed by atoms with van der Waals surface area (Å²) in [6.45, 7) is 4.13. The molecule has 0 saturated carbocycles. The van der Waals surface area contributed by atoms with Crippen molar-refractivity contribution in [3.8, 4) is 17.2 Å². The lowest BCUT2D eigenvalue weighted by Crippen LogP contribution is -2.18. The fourth-order valence-corrected chi connectivity index (χ4v) is 10.5. The van der Waals surface area contributed by atoms with E-state index < -0.39 is 41.4 Å². The third-order valence-electron chi connectivity index (χ3n) is 13.5. The standard InChI is InChI=1S/C19H23N3O4.C14H9N3O5S.C12H11N3O5.C12H13N3O3/c1-22(2)6-3-4-14(23)8-13-9-16-17(20-12-21-19(16)24)10-18(13)26-15-5-7-25-11-15;18-14-10-6-12(17(19)20)13(7-11(10)15-8-16-14)23(21,22)9-4-2-1-3-5-9;16-12-8-3-10(15(17)18)11(4-9(8)13-6-14-12)20-7-1-2-19-5-7;13-9-3-8-10(14-6-15-12(8)16)4-11(9)18-7-1-2-17-5-7/h3-4,9-10,12,15H,5-8,11H2,1-2H3,(H,20,21,24);1-8H,(H,15,16,18);3-4,6-7H,1-2,5H2,(H,13,14,16);3-4,6-7H,1-2,5,13H2,(H,14,15,16)/b4-3+;;;. The number of nitrogens with one attached hydrogen (secondary N) is 4. The summed E-state index contributed by atoms with van der Waals surface area (Å²) in [5.74, 6) is 1.20. The number of nitrogen functional groups attached to an aromatic ring is 1. The van der Waals surface area contributed by atoms with Crippen molar-refractivity contribution in [3.05, 3.63) is 184 Å². The van der Waals surface area contributed by atoms with E-state index in [1.54, 1.807) is 36.4 Å². The van der Waals surface area contributed by atoms with Gasteiger partial charge in [0.2, 0.25) is 9.84 Å². The van der Waals surface area contributed by atoms with Crippen LogP contribution in [0.5, 0.6) is 17.2 Å². The molecule has 0 aliphatic carbocycles. The van der Waals surface area contributed by atoms with Crippen molar-refractivity contribution in [2.75, 3.05) is 66.0 Å². The second kappa shape index (κ2) is 27.7. The van der Waals surface area contributed by atoms with Gasteiger partial charge in [0, 0.05) is 68.1 Å². The van der Waals surface area contributed by atoms with Crippen LogP contribution < -0.4 is 42.2 Å². The first-order valence-electron chi connectivity index (χ1n) is 26.8. The summed E-state index contributed by atoms with van der Waals surface area (Å²) in [5.41, 5.74) is 6.18. The van der Waals surface area contributed by atoms with Crippen LogP contribution in [0.1, 0.15) is 24.8 Å². The Morgan fingerprint density at radius 3 is 1.52 bits per heavy atom. The Kier molecular flexibility index (Phi) is 19.6. The number of nitrogens with two attached hydrogens (primary N) is 1. The lowest BCUT2D eigenvalue weighted by Gasteiger charge is -2.16. The number of anilines is 1. The van der Waals surface area contributed by atoms with Gasteiger partial charge in [-0.1, -0.05) is 24.3 Å². The highest BCUT2D eigenvalue weighted by atomic mass is 32.2. The second-order valence-electron chi connectivity index (χ2n) is 19.9. The molecule has 0 amide bonds. The zero-order valence-electron chi connectivity index (χ0n) is 46.5. The van der Waals surface area contributed by atoms with E-state index in [2.05, 4.69) is 39.9 Å². The highest BCUT2D eigenvalue weighted by Gasteiger charge is 2.30. The minimum absolute atomic E-state index is 0.0201.